The SMILES string of the molecule is CN(Cc1nc(-c2ccccc2)no1)C(=O)c1ccc(=O)n(C)n1. The van der Waals surface area contributed by atoms with Crippen LogP contribution < -0.4 is 5.56 Å². The quantitative estimate of drug-likeness (QED) is 0.713. The van der Waals surface area contributed by atoms with Gasteiger partial charge in [0.05, 0.1) is 0 Å². The van der Waals surface area contributed by atoms with Crippen LogP contribution in [0.25, 0.3) is 11.4 Å². The highest BCUT2D eigenvalue weighted by atomic mass is 16.5. The molecule has 0 atom stereocenters. The summed E-state index contributed by atoms with van der Waals surface area (Å²) in [5.41, 5.74) is 0.724. The van der Waals surface area contributed by atoms with Crippen molar-refractivity contribution in [2.24, 2.45) is 7.05 Å². The predicted octanol–water partition coefficient (Wildman–Crippen LogP) is 1.10. The molecule has 1 amide bonds. The van der Waals surface area contributed by atoms with E-state index in [9.17, 15) is 9.59 Å². The van der Waals surface area contributed by atoms with Crippen LogP contribution in [0.4, 0.5) is 0 Å². The van der Waals surface area contributed by atoms with Crippen LogP contribution in [0.2, 0.25) is 0 Å². The Bertz CT molecular complexity index is 917. The van der Waals surface area contributed by atoms with Gasteiger partial charge in [-0.1, -0.05) is 35.5 Å². The number of carbonyl (C=O) groups is 1. The first-order chi connectivity index (χ1) is 11.5. The van der Waals surface area contributed by atoms with Crippen molar-refractivity contribution in [1.82, 2.24) is 24.8 Å². The van der Waals surface area contributed by atoms with Gasteiger partial charge in [-0.05, 0) is 6.07 Å². The summed E-state index contributed by atoms with van der Waals surface area (Å²) in [6, 6.07) is 12.1. The van der Waals surface area contributed by atoms with Crippen molar-refractivity contribution in [3.8, 4) is 11.4 Å². The Morgan fingerprint density at radius 3 is 2.67 bits per heavy atom. The molecule has 1 aromatic carbocycles. The van der Waals surface area contributed by atoms with Gasteiger partial charge in [0.25, 0.3) is 11.5 Å². The molecule has 8 nitrogen and oxygen atoms in total. The molecule has 8 heteroatoms. The summed E-state index contributed by atoms with van der Waals surface area (Å²) in [5, 5.41) is 7.85. The molecule has 0 N–H and O–H groups in total. The lowest BCUT2D eigenvalue weighted by Crippen LogP contribution is -2.30. The van der Waals surface area contributed by atoms with Gasteiger partial charge in [0.1, 0.15) is 12.2 Å². The first-order valence-corrected chi connectivity index (χ1v) is 7.22. The number of benzene rings is 1. The van der Waals surface area contributed by atoms with Gasteiger partial charge in [-0.25, -0.2) is 4.68 Å². The molecule has 2 aromatic heterocycles. The number of aryl methyl sites for hydroxylation is 1. The Morgan fingerprint density at radius 1 is 1.21 bits per heavy atom. The van der Waals surface area contributed by atoms with Crippen molar-refractivity contribution < 1.29 is 9.32 Å². The molecule has 3 rings (SSSR count). The van der Waals surface area contributed by atoms with E-state index >= 15 is 0 Å². The maximum Gasteiger partial charge on any atom is 0.274 e. The van der Waals surface area contributed by atoms with Gasteiger partial charge in [-0.15, -0.1) is 0 Å². The molecule has 0 fully saturated rings. The summed E-state index contributed by atoms with van der Waals surface area (Å²) in [5.74, 6) is 0.436. The van der Waals surface area contributed by atoms with E-state index in [1.807, 2.05) is 30.3 Å². The van der Waals surface area contributed by atoms with Crippen LogP contribution in [-0.4, -0.2) is 37.8 Å². The molecule has 3 aromatic rings. The molecule has 0 radical (unpaired) electrons. The van der Waals surface area contributed by atoms with Gasteiger partial charge >= 0.3 is 0 Å². The van der Waals surface area contributed by atoms with Crippen molar-refractivity contribution in [1.29, 1.82) is 0 Å². The van der Waals surface area contributed by atoms with E-state index in [4.69, 9.17) is 4.52 Å². The highest BCUT2D eigenvalue weighted by Crippen LogP contribution is 2.15. The minimum atomic E-state index is -0.343. The second-order valence-electron chi connectivity index (χ2n) is 5.22. The molecule has 2 heterocycles. The van der Waals surface area contributed by atoms with Crippen LogP contribution in [-0.2, 0) is 13.6 Å². The summed E-state index contributed by atoms with van der Waals surface area (Å²) in [6.07, 6.45) is 0. The Morgan fingerprint density at radius 2 is 1.96 bits per heavy atom. The van der Waals surface area contributed by atoms with Crippen molar-refractivity contribution in [2.75, 3.05) is 7.05 Å². The molecule has 0 aliphatic carbocycles. The molecule has 0 bridgehead atoms. The molecular weight excluding hydrogens is 310 g/mol. The molecule has 0 aliphatic rings. The van der Waals surface area contributed by atoms with Gasteiger partial charge in [0.15, 0.2) is 0 Å². The summed E-state index contributed by atoms with van der Waals surface area (Å²) < 4.78 is 6.30. The lowest BCUT2D eigenvalue weighted by molar-refractivity contribution is 0.0761. The molecular formula is C16H15N5O3. The average molecular weight is 325 g/mol. The maximum atomic E-state index is 12.3. The van der Waals surface area contributed by atoms with E-state index in [1.165, 1.54) is 24.1 Å². The minimum Gasteiger partial charge on any atom is -0.337 e. The van der Waals surface area contributed by atoms with Crippen molar-refractivity contribution in [3.63, 3.8) is 0 Å². The van der Waals surface area contributed by atoms with E-state index in [2.05, 4.69) is 15.2 Å². The summed E-state index contributed by atoms with van der Waals surface area (Å²) >= 11 is 0. The molecule has 122 valence electrons. The van der Waals surface area contributed by atoms with Crippen LogP contribution in [0, 0.1) is 0 Å². The largest absolute Gasteiger partial charge is 0.337 e. The lowest BCUT2D eigenvalue weighted by atomic mass is 10.2. The number of nitrogens with zero attached hydrogens (tertiary/aromatic N) is 5. The van der Waals surface area contributed by atoms with Crippen LogP contribution in [0.1, 0.15) is 16.4 Å². The van der Waals surface area contributed by atoms with Crippen LogP contribution in [0.5, 0.6) is 0 Å². The molecule has 0 saturated heterocycles. The van der Waals surface area contributed by atoms with E-state index in [0.29, 0.717) is 11.7 Å². The molecule has 24 heavy (non-hydrogen) atoms. The Labute approximate surface area is 137 Å². The van der Waals surface area contributed by atoms with E-state index in [-0.39, 0.29) is 23.7 Å². The highest BCUT2D eigenvalue weighted by Gasteiger charge is 2.17. The summed E-state index contributed by atoms with van der Waals surface area (Å²) in [6.45, 7) is 0.142. The molecule has 0 saturated carbocycles. The fourth-order valence-electron chi connectivity index (χ4n) is 2.11. The molecule has 0 unspecified atom stereocenters. The lowest BCUT2D eigenvalue weighted by Gasteiger charge is -2.14. The summed E-state index contributed by atoms with van der Waals surface area (Å²) in [7, 11) is 3.09. The Hall–Kier alpha value is -3.29. The van der Waals surface area contributed by atoms with Gasteiger partial charge in [-0.2, -0.15) is 10.1 Å². The third-order valence-corrected chi connectivity index (χ3v) is 3.40. The molecule has 0 spiro atoms. The third-order valence-electron chi connectivity index (χ3n) is 3.40. The number of rotatable bonds is 4. The monoisotopic (exact) mass is 325 g/mol. The van der Waals surface area contributed by atoms with Gasteiger partial charge in [0.2, 0.25) is 11.7 Å². The van der Waals surface area contributed by atoms with Crippen LogP contribution >= 0.6 is 0 Å². The number of carbonyl (C=O) groups excluding carboxylic acids is 1. The summed E-state index contributed by atoms with van der Waals surface area (Å²) in [4.78, 5) is 29.4. The van der Waals surface area contributed by atoms with E-state index in [1.54, 1.807) is 7.05 Å². The second-order valence-corrected chi connectivity index (χ2v) is 5.22. The van der Waals surface area contributed by atoms with Gasteiger partial charge in [0, 0.05) is 25.7 Å². The highest BCUT2D eigenvalue weighted by molar-refractivity contribution is 5.91. The maximum absolute atomic E-state index is 12.3. The predicted molar refractivity (Wildman–Crippen MR) is 85.0 cm³/mol. The standard InChI is InChI=1S/C16H15N5O3/c1-20(16(23)12-8-9-14(22)21(2)18-12)10-13-17-15(19-24-13)11-6-4-3-5-7-11/h3-9H,10H2,1-2H3. The number of hydrogen-bond acceptors (Lipinski definition) is 6. The number of amides is 1. The van der Waals surface area contributed by atoms with Gasteiger partial charge < -0.3 is 9.42 Å². The van der Waals surface area contributed by atoms with Crippen LogP contribution in [0.15, 0.2) is 51.8 Å². The van der Waals surface area contributed by atoms with Crippen molar-refractivity contribution in [3.05, 3.63) is 64.4 Å². The normalized spacial score (nSPS) is 10.6. The zero-order valence-corrected chi connectivity index (χ0v) is 13.2. The fourth-order valence-corrected chi connectivity index (χ4v) is 2.11. The van der Waals surface area contributed by atoms with Crippen LogP contribution in [0.3, 0.4) is 0 Å². The number of aromatic nitrogens is 4. The smallest absolute Gasteiger partial charge is 0.274 e. The zero-order valence-electron chi connectivity index (χ0n) is 13.2. The van der Waals surface area contributed by atoms with E-state index in [0.717, 1.165) is 10.2 Å². The van der Waals surface area contributed by atoms with E-state index < -0.39 is 0 Å². The minimum absolute atomic E-state index is 0.142. The third kappa shape index (κ3) is 3.22. The topological polar surface area (TPSA) is 94.1 Å². The second kappa shape index (κ2) is 6.45. The zero-order chi connectivity index (χ0) is 17.1. The first kappa shape index (κ1) is 15.6. The average Bonchev–Trinajstić information content (AvgIpc) is 3.06. The van der Waals surface area contributed by atoms with Crippen molar-refractivity contribution >= 4 is 5.91 Å². The first-order valence-electron chi connectivity index (χ1n) is 7.22. The fraction of sp³-hybridized carbons (Fsp3) is 0.188. The number of hydrogen-bond donors (Lipinski definition) is 0. The Balaban J connectivity index is 1.74. The molecule has 0 aliphatic heterocycles. The Kier molecular flexibility index (Phi) is 4.19. The van der Waals surface area contributed by atoms with Crippen molar-refractivity contribution in [2.45, 2.75) is 6.54 Å². The van der Waals surface area contributed by atoms with Gasteiger partial charge in [-0.3, -0.25) is 9.59 Å².